The van der Waals surface area contributed by atoms with Gasteiger partial charge in [0.1, 0.15) is 0 Å². The Hall–Kier alpha value is -1.11. The Kier molecular flexibility index (Phi) is 5.18. The maximum Gasteiger partial charge on any atom is 0.416 e. The molecule has 0 amide bonds. The topological polar surface area (TPSA) is 58.3 Å². The summed E-state index contributed by atoms with van der Waals surface area (Å²) in [6.07, 6.45) is -0.0315. The van der Waals surface area contributed by atoms with Crippen molar-refractivity contribution in [1.82, 2.24) is 5.32 Å². The molecule has 0 heterocycles. The van der Waals surface area contributed by atoms with Gasteiger partial charge in [0, 0.05) is 12.1 Å². The zero-order chi connectivity index (χ0) is 17.3. The lowest BCUT2D eigenvalue weighted by molar-refractivity contribution is -0.137. The Morgan fingerprint density at radius 2 is 1.83 bits per heavy atom. The zero-order valence-electron chi connectivity index (χ0n) is 13.6. The minimum Gasteiger partial charge on any atom is -0.392 e. The van der Waals surface area contributed by atoms with Gasteiger partial charge in [-0.25, -0.2) is 0 Å². The van der Waals surface area contributed by atoms with Crippen LogP contribution in [0.5, 0.6) is 0 Å². The molecule has 3 nitrogen and oxygen atoms in total. The molecule has 5 atom stereocenters. The van der Waals surface area contributed by atoms with Gasteiger partial charge in [0.05, 0.1) is 11.7 Å². The molecule has 0 bridgehead atoms. The van der Waals surface area contributed by atoms with E-state index in [4.69, 9.17) is 5.73 Å². The SMILES string of the molecule is N[C@@H]1C[C@H](CNC2CCCC2c2ccc(C(F)(F)F)cc2)C[C@H]1O. The second kappa shape index (κ2) is 7.02. The van der Waals surface area contributed by atoms with E-state index in [0.29, 0.717) is 5.92 Å². The molecule has 2 aliphatic carbocycles. The molecule has 0 radical (unpaired) electrons. The van der Waals surface area contributed by atoms with Crippen LogP contribution >= 0.6 is 0 Å². The van der Waals surface area contributed by atoms with Gasteiger partial charge in [0.2, 0.25) is 0 Å². The molecular weight excluding hydrogens is 317 g/mol. The number of aliphatic hydroxyl groups excluding tert-OH is 1. The van der Waals surface area contributed by atoms with Crippen LogP contribution in [0.15, 0.2) is 24.3 Å². The first-order valence-electron chi connectivity index (χ1n) is 8.69. The lowest BCUT2D eigenvalue weighted by atomic mass is 9.92. The zero-order valence-corrected chi connectivity index (χ0v) is 13.6. The van der Waals surface area contributed by atoms with Crippen molar-refractivity contribution < 1.29 is 18.3 Å². The minimum atomic E-state index is -4.28. The van der Waals surface area contributed by atoms with Crippen molar-refractivity contribution in [2.75, 3.05) is 6.54 Å². The summed E-state index contributed by atoms with van der Waals surface area (Å²) in [4.78, 5) is 0. The molecule has 0 aliphatic heterocycles. The predicted octanol–water partition coefficient (Wildman–Crippen LogP) is 3.03. The van der Waals surface area contributed by atoms with Crippen LogP contribution in [0.1, 0.15) is 49.1 Å². The van der Waals surface area contributed by atoms with Crippen LogP contribution in [0, 0.1) is 5.92 Å². The quantitative estimate of drug-likeness (QED) is 0.788. The van der Waals surface area contributed by atoms with Crippen molar-refractivity contribution in [1.29, 1.82) is 0 Å². The Morgan fingerprint density at radius 1 is 1.12 bits per heavy atom. The first-order chi connectivity index (χ1) is 11.3. The molecule has 2 saturated carbocycles. The number of rotatable bonds is 4. The first-order valence-corrected chi connectivity index (χ1v) is 8.69. The van der Waals surface area contributed by atoms with Crippen molar-refractivity contribution in [2.24, 2.45) is 11.7 Å². The fourth-order valence-electron chi connectivity index (χ4n) is 4.16. The summed E-state index contributed by atoms with van der Waals surface area (Å²) in [6, 6.07) is 5.74. The highest BCUT2D eigenvalue weighted by atomic mass is 19.4. The molecule has 2 aliphatic rings. The summed E-state index contributed by atoms with van der Waals surface area (Å²) >= 11 is 0. The largest absolute Gasteiger partial charge is 0.416 e. The average Bonchev–Trinajstić information content (AvgIpc) is 3.11. The fraction of sp³-hybridized carbons (Fsp3) is 0.667. The van der Waals surface area contributed by atoms with Crippen molar-refractivity contribution in [2.45, 2.75) is 62.4 Å². The molecule has 0 aromatic heterocycles. The van der Waals surface area contributed by atoms with Gasteiger partial charge < -0.3 is 16.2 Å². The normalized spacial score (nSPS) is 34.0. The van der Waals surface area contributed by atoms with Gasteiger partial charge in [-0.1, -0.05) is 18.6 Å². The fourth-order valence-corrected chi connectivity index (χ4v) is 4.16. The third kappa shape index (κ3) is 3.92. The van der Waals surface area contributed by atoms with Crippen LogP contribution in [0.2, 0.25) is 0 Å². The molecule has 1 aromatic rings. The molecule has 6 heteroatoms. The third-order valence-electron chi connectivity index (χ3n) is 5.53. The number of aliphatic hydroxyl groups is 1. The van der Waals surface area contributed by atoms with E-state index in [2.05, 4.69) is 5.32 Å². The second-order valence-corrected chi connectivity index (χ2v) is 7.24. The molecule has 24 heavy (non-hydrogen) atoms. The summed E-state index contributed by atoms with van der Waals surface area (Å²) in [5, 5.41) is 13.3. The number of halogens is 3. The van der Waals surface area contributed by atoms with Crippen molar-refractivity contribution >= 4 is 0 Å². The van der Waals surface area contributed by atoms with Crippen molar-refractivity contribution in [3.63, 3.8) is 0 Å². The smallest absolute Gasteiger partial charge is 0.392 e. The molecule has 0 spiro atoms. The number of hydrogen-bond acceptors (Lipinski definition) is 3. The summed E-state index contributed by atoms with van der Waals surface area (Å²) in [7, 11) is 0. The summed E-state index contributed by atoms with van der Waals surface area (Å²) in [6.45, 7) is 0.812. The van der Waals surface area contributed by atoms with Crippen LogP contribution < -0.4 is 11.1 Å². The lowest BCUT2D eigenvalue weighted by Crippen LogP contribution is -2.35. The summed E-state index contributed by atoms with van der Waals surface area (Å²) in [5.74, 6) is 0.635. The predicted molar refractivity (Wildman–Crippen MR) is 86.5 cm³/mol. The Labute approximate surface area is 140 Å². The number of nitrogens with two attached hydrogens (primary N) is 1. The summed E-state index contributed by atoms with van der Waals surface area (Å²) in [5.41, 5.74) is 6.23. The summed E-state index contributed by atoms with van der Waals surface area (Å²) < 4.78 is 38.1. The van der Waals surface area contributed by atoms with E-state index in [1.54, 1.807) is 12.1 Å². The van der Waals surface area contributed by atoms with E-state index in [0.717, 1.165) is 44.2 Å². The van der Waals surface area contributed by atoms with Crippen LogP contribution in [0.3, 0.4) is 0 Å². The maximum atomic E-state index is 12.7. The molecule has 4 N–H and O–H groups in total. The van der Waals surface area contributed by atoms with Crippen LogP contribution in [0.4, 0.5) is 13.2 Å². The van der Waals surface area contributed by atoms with Crippen molar-refractivity contribution in [3.8, 4) is 0 Å². The molecule has 2 unspecified atom stereocenters. The van der Waals surface area contributed by atoms with Crippen LogP contribution in [-0.4, -0.2) is 29.8 Å². The molecule has 1 aromatic carbocycles. The third-order valence-corrected chi connectivity index (χ3v) is 5.53. The molecule has 2 fully saturated rings. The number of benzene rings is 1. The molecule has 134 valence electrons. The molecule has 3 rings (SSSR count). The van der Waals surface area contributed by atoms with Gasteiger partial charge in [-0.2, -0.15) is 13.2 Å². The van der Waals surface area contributed by atoms with E-state index in [-0.39, 0.29) is 18.0 Å². The highest BCUT2D eigenvalue weighted by Gasteiger charge is 2.34. The van der Waals surface area contributed by atoms with Gasteiger partial charge in [-0.3, -0.25) is 0 Å². The Bertz CT molecular complexity index is 536. The number of alkyl halides is 3. The minimum absolute atomic E-state index is 0.133. The lowest BCUT2D eigenvalue weighted by Gasteiger charge is -2.23. The van der Waals surface area contributed by atoms with Gasteiger partial charge >= 0.3 is 6.18 Å². The number of hydrogen-bond donors (Lipinski definition) is 3. The first kappa shape index (κ1) is 17.7. The molecule has 0 saturated heterocycles. The van der Waals surface area contributed by atoms with E-state index in [1.807, 2.05) is 0 Å². The Morgan fingerprint density at radius 3 is 2.42 bits per heavy atom. The van der Waals surface area contributed by atoms with Crippen molar-refractivity contribution in [3.05, 3.63) is 35.4 Å². The molecular formula is C18H25F3N2O. The van der Waals surface area contributed by atoms with Gasteiger partial charge in [-0.15, -0.1) is 0 Å². The van der Waals surface area contributed by atoms with Crippen LogP contribution in [0.25, 0.3) is 0 Å². The monoisotopic (exact) mass is 342 g/mol. The standard InChI is InChI=1S/C18H25F3N2O/c19-18(20,21)13-6-4-12(5-7-13)14-2-1-3-16(14)23-10-11-8-15(22)17(24)9-11/h4-7,11,14-17,23-24H,1-3,8-10,22H2/t11-,14?,15+,16?,17+/m0/s1. The van der Waals surface area contributed by atoms with E-state index >= 15 is 0 Å². The van der Waals surface area contributed by atoms with E-state index < -0.39 is 17.8 Å². The number of nitrogens with one attached hydrogen (secondary N) is 1. The second-order valence-electron chi connectivity index (χ2n) is 7.24. The van der Waals surface area contributed by atoms with E-state index in [1.165, 1.54) is 12.1 Å². The van der Waals surface area contributed by atoms with Gasteiger partial charge in [0.25, 0.3) is 0 Å². The Balaban J connectivity index is 1.59. The van der Waals surface area contributed by atoms with Gasteiger partial charge in [-0.05, 0) is 61.8 Å². The highest BCUT2D eigenvalue weighted by Crippen LogP contribution is 2.37. The maximum absolute atomic E-state index is 12.7. The van der Waals surface area contributed by atoms with Crippen LogP contribution in [-0.2, 0) is 6.18 Å². The van der Waals surface area contributed by atoms with Gasteiger partial charge in [0.15, 0.2) is 0 Å². The average molecular weight is 342 g/mol. The van der Waals surface area contributed by atoms with E-state index in [9.17, 15) is 18.3 Å². The highest BCUT2D eigenvalue weighted by molar-refractivity contribution is 5.29.